The number of benzene rings is 2. The molecule has 0 saturated carbocycles. The second kappa shape index (κ2) is 6.01. The highest BCUT2D eigenvalue weighted by Crippen LogP contribution is 2.14. The summed E-state index contributed by atoms with van der Waals surface area (Å²) in [5.74, 6) is -0.112. The third kappa shape index (κ3) is 3.25. The van der Waals surface area contributed by atoms with Crippen molar-refractivity contribution in [2.24, 2.45) is 0 Å². The van der Waals surface area contributed by atoms with Gasteiger partial charge in [-0.1, -0.05) is 24.3 Å². The van der Waals surface area contributed by atoms with Gasteiger partial charge in [0, 0.05) is 11.1 Å². The molecule has 1 unspecified atom stereocenters. The van der Waals surface area contributed by atoms with Crippen molar-refractivity contribution in [3.63, 3.8) is 0 Å². The van der Waals surface area contributed by atoms with Crippen LogP contribution in [-0.4, -0.2) is 14.0 Å². The third-order valence-electron chi connectivity index (χ3n) is 3.00. The number of rotatable bonds is 4. The third-order valence-corrected chi connectivity index (χ3v) is 4.34. The smallest absolute Gasteiger partial charge is 0.124 e. The normalized spacial score (nSPS) is 12.2. The Morgan fingerprint density at radius 2 is 1.86 bits per heavy atom. The quantitative estimate of drug-likeness (QED) is 0.741. The fraction of sp³-hybridized carbons (Fsp3) is 0.0625. The lowest BCUT2D eigenvalue weighted by atomic mass is 10.3. The first-order chi connectivity index (χ1) is 10.2. The molecular formula is C16H13FN2OS. The first-order valence-corrected chi connectivity index (χ1v) is 7.78. The summed E-state index contributed by atoms with van der Waals surface area (Å²) in [6.07, 6.45) is 1.83. The van der Waals surface area contributed by atoms with Crippen molar-refractivity contribution >= 4 is 10.8 Å². The molecular weight excluding hydrogens is 287 g/mol. The maximum absolute atomic E-state index is 13.1. The number of halogens is 1. The zero-order chi connectivity index (χ0) is 14.7. The lowest BCUT2D eigenvalue weighted by Crippen LogP contribution is -2.00. The second-order valence-corrected chi connectivity index (χ2v) is 5.99. The maximum atomic E-state index is 13.1. The van der Waals surface area contributed by atoms with Crippen LogP contribution in [0.5, 0.6) is 0 Å². The van der Waals surface area contributed by atoms with E-state index in [-0.39, 0.29) is 11.6 Å². The summed E-state index contributed by atoms with van der Waals surface area (Å²) in [6, 6.07) is 17.4. The van der Waals surface area contributed by atoms with Gasteiger partial charge in [-0.3, -0.25) is 4.21 Å². The van der Waals surface area contributed by atoms with Gasteiger partial charge in [-0.25, -0.2) is 9.07 Å². The van der Waals surface area contributed by atoms with E-state index in [0.717, 1.165) is 5.69 Å². The van der Waals surface area contributed by atoms with Crippen LogP contribution in [0.4, 0.5) is 4.39 Å². The SMILES string of the molecule is O=S(Cc1ccn(-c2ccccc2)n1)c1cccc(F)c1. The van der Waals surface area contributed by atoms with E-state index in [0.29, 0.717) is 10.6 Å². The molecule has 1 aromatic heterocycles. The molecule has 5 heteroatoms. The van der Waals surface area contributed by atoms with Crippen LogP contribution < -0.4 is 0 Å². The van der Waals surface area contributed by atoms with Gasteiger partial charge in [0.1, 0.15) is 5.82 Å². The van der Waals surface area contributed by atoms with Gasteiger partial charge in [0.2, 0.25) is 0 Å². The molecule has 106 valence electrons. The Morgan fingerprint density at radius 3 is 2.62 bits per heavy atom. The van der Waals surface area contributed by atoms with Crippen molar-refractivity contribution in [1.29, 1.82) is 0 Å². The molecule has 1 heterocycles. The average molecular weight is 300 g/mol. The molecule has 0 fully saturated rings. The predicted molar refractivity (Wildman–Crippen MR) is 80.1 cm³/mol. The van der Waals surface area contributed by atoms with Crippen LogP contribution in [0, 0.1) is 5.82 Å². The molecule has 3 rings (SSSR count). The van der Waals surface area contributed by atoms with Crippen molar-refractivity contribution in [2.45, 2.75) is 10.6 Å². The van der Waals surface area contributed by atoms with Gasteiger partial charge in [0.05, 0.1) is 27.9 Å². The van der Waals surface area contributed by atoms with Gasteiger partial charge >= 0.3 is 0 Å². The van der Waals surface area contributed by atoms with E-state index in [4.69, 9.17) is 0 Å². The van der Waals surface area contributed by atoms with Gasteiger partial charge in [-0.05, 0) is 36.4 Å². The minimum absolute atomic E-state index is 0.267. The monoisotopic (exact) mass is 300 g/mol. The van der Waals surface area contributed by atoms with E-state index >= 15 is 0 Å². The molecule has 0 saturated heterocycles. The molecule has 3 aromatic rings. The standard InChI is InChI=1S/C16H13FN2OS/c17-13-5-4-8-16(11-13)21(20)12-14-9-10-19(18-14)15-6-2-1-3-7-15/h1-11H,12H2. The molecule has 0 spiro atoms. The van der Waals surface area contributed by atoms with Gasteiger partial charge in [0.15, 0.2) is 0 Å². The zero-order valence-electron chi connectivity index (χ0n) is 11.1. The molecule has 0 radical (unpaired) electrons. The van der Waals surface area contributed by atoms with Crippen LogP contribution in [-0.2, 0) is 16.6 Å². The minimum atomic E-state index is -1.30. The largest absolute Gasteiger partial charge is 0.254 e. The number of nitrogens with zero attached hydrogens (tertiary/aromatic N) is 2. The number of para-hydroxylation sites is 1. The average Bonchev–Trinajstić information content (AvgIpc) is 2.97. The van der Waals surface area contributed by atoms with E-state index in [1.54, 1.807) is 16.8 Å². The van der Waals surface area contributed by atoms with E-state index in [9.17, 15) is 8.60 Å². The highest BCUT2D eigenvalue weighted by atomic mass is 32.2. The Hall–Kier alpha value is -2.27. The zero-order valence-corrected chi connectivity index (χ0v) is 12.0. The number of aromatic nitrogens is 2. The highest BCUT2D eigenvalue weighted by Gasteiger charge is 2.09. The molecule has 0 aliphatic carbocycles. The summed E-state index contributed by atoms with van der Waals surface area (Å²) in [5.41, 5.74) is 1.65. The van der Waals surface area contributed by atoms with E-state index in [1.807, 2.05) is 42.6 Å². The predicted octanol–water partition coefficient (Wildman–Crippen LogP) is 3.32. The molecule has 21 heavy (non-hydrogen) atoms. The maximum Gasteiger partial charge on any atom is 0.124 e. The molecule has 3 nitrogen and oxygen atoms in total. The van der Waals surface area contributed by atoms with E-state index < -0.39 is 10.8 Å². The van der Waals surface area contributed by atoms with E-state index in [1.165, 1.54) is 12.1 Å². The van der Waals surface area contributed by atoms with Crippen LogP contribution in [0.3, 0.4) is 0 Å². The molecule has 0 bridgehead atoms. The number of hydrogen-bond donors (Lipinski definition) is 0. The van der Waals surface area contributed by atoms with Gasteiger partial charge in [-0.15, -0.1) is 0 Å². The first kappa shape index (κ1) is 13.7. The molecule has 0 N–H and O–H groups in total. The Balaban J connectivity index is 1.77. The Labute approximate surface area is 124 Å². The minimum Gasteiger partial charge on any atom is -0.254 e. The summed E-state index contributed by atoms with van der Waals surface area (Å²) >= 11 is 0. The topological polar surface area (TPSA) is 34.9 Å². The highest BCUT2D eigenvalue weighted by molar-refractivity contribution is 7.84. The summed E-state index contributed by atoms with van der Waals surface area (Å²) in [5, 5.41) is 4.40. The van der Waals surface area contributed by atoms with Crippen molar-refractivity contribution < 1.29 is 8.60 Å². The van der Waals surface area contributed by atoms with Gasteiger partial charge < -0.3 is 0 Å². The molecule has 0 aliphatic heterocycles. The summed E-state index contributed by atoms with van der Waals surface area (Å²) < 4.78 is 27.1. The Morgan fingerprint density at radius 1 is 1.05 bits per heavy atom. The Kier molecular flexibility index (Phi) is 3.92. The number of hydrogen-bond acceptors (Lipinski definition) is 2. The first-order valence-electron chi connectivity index (χ1n) is 6.46. The fourth-order valence-corrected chi connectivity index (χ4v) is 3.05. The summed E-state index contributed by atoms with van der Waals surface area (Å²) in [6.45, 7) is 0. The summed E-state index contributed by atoms with van der Waals surface area (Å²) in [7, 11) is -1.30. The molecule has 2 aromatic carbocycles. The lowest BCUT2D eigenvalue weighted by molar-refractivity contribution is 0.622. The van der Waals surface area contributed by atoms with Crippen LogP contribution >= 0.6 is 0 Å². The molecule has 0 aliphatic rings. The van der Waals surface area contributed by atoms with Crippen molar-refractivity contribution in [3.05, 3.63) is 78.4 Å². The van der Waals surface area contributed by atoms with Crippen LogP contribution in [0.15, 0.2) is 71.8 Å². The van der Waals surface area contributed by atoms with Crippen molar-refractivity contribution in [2.75, 3.05) is 0 Å². The van der Waals surface area contributed by atoms with Crippen LogP contribution in [0.1, 0.15) is 5.69 Å². The second-order valence-electron chi connectivity index (χ2n) is 4.53. The van der Waals surface area contributed by atoms with E-state index in [2.05, 4.69) is 5.10 Å². The lowest BCUT2D eigenvalue weighted by Gasteiger charge is -2.01. The summed E-state index contributed by atoms with van der Waals surface area (Å²) in [4.78, 5) is 0.476. The Bertz CT molecular complexity index is 771. The molecule has 1 atom stereocenters. The van der Waals surface area contributed by atoms with Crippen LogP contribution in [0.25, 0.3) is 5.69 Å². The molecule has 0 amide bonds. The van der Waals surface area contributed by atoms with Gasteiger partial charge in [-0.2, -0.15) is 5.10 Å². The van der Waals surface area contributed by atoms with Crippen LogP contribution in [0.2, 0.25) is 0 Å². The van der Waals surface area contributed by atoms with Gasteiger partial charge in [0.25, 0.3) is 0 Å². The van der Waals surface area contributed by atoms with Crippen molar-refractivity contribution in [3.8, 4) is 5.69 Å². The fourth-order valence-electron chi connectivity index (χ4n) is 1.99. The van der Waals surface area contributed by atoms with Crippen molar-refractivity contribution in [1.82, 2.24) is 9.78 Å².